The van der Waals surface area contributed by atoms with E-state index in [1.54, 1.807) is 24.9 Å². The molecule has 1 aliphatic heterocycles. The molecule has 0 saturated carbocycles. The summed E-state index contributed by atoms with van der Waals surface area (Å²) in [6.45, 7) is 6.75. The number of methoxy groups -OCH3 is 1. The Morgan fingerprint density at radius 2 is 2.00 bits per heavy atom. The summed E-state index contributed by atoms with van der Waals surface area (Å²) in [5.41, 5.74) is 4.48. The number of carbonyl (C=O) groups excluding carboxylic acids is 1. The molecule has 3 aromatic rings. The van der Waals surface area contributed by atoms with Crippen LogP contribution in [0.15, 0.2) is 58.0 Å². The molecule has 0 saturated heterocycles. The van der Waals surface area contributed by atoms with Gasteiger partial charge in [0.15, 0.2) is 5.76 Å². The highest BCUT2D eigenvalue weighted by molar-refractivity contribution is 8.14. The van der Waals surface area contributed by atoms with Crippen molar-refractivity contribution in [2.75, 3.05) is 26.0 Å². The lowest BCUT2D eigenvalue weighted by atomic mass is 9.92. The number of thioether (sulfide) groups is 1. The minimum atomic E-state index is -0.547. The molecular formula is C28H30N4O4S. The van der Waals surface area contributed by atoms with Gasteiger partial charge < -0.3 is 19.3 Å². The van der Waals surface area contributed by atoms with Crippen molar-refractivity contribution in [2.24, 2.45) is 4.99 Å². The maximum absolute atomic E-state index is 11.9. The van der Waals surface area contributed by atoms with Crippen LogP contribution in [0.4, 0.5) is 4.79 Å². The first-order chi connectivity index (χ1) is 17.8. The Morgan fingerprint density at radius 3 is 2.65 bits per heavy atom. The van der Waals surface area contributed by atoms with Crippen molar-refractivity contribution in [3.8, 4) is 17.2 Å². The summed E-state index contributed by atoms with van der Waals surface area (Å²) in [5.74, 6) is 1.49. The van der Waals surface area contributed by atoms with E-state index in [-0.39, 0.29) is 0 Å². The minimum Gasteiger partial charge on any atom is -0.444 e. The fourth-order valence-electron chi connectivity index (χ4n) is 3.99. The number of ether oxygens (including phenoxy) is 2. The molecule has 1 unspecified atom stereocenters. The zero-order chi connectivity index (χ0) is 26.4. The molecule has 1 N–H and O–H groups in total. The number of benzene rings is 2. The zero-order valence-electron chi connectivity index (χ0n) is 21.4. The minimum absolute atomic E-state index is 0.425. The van der Waals surface area contributed by atoms with Gasteiger partial charge in [0.1, 0.15) is 22.4 Å². The number of rotatable bonds is 8. The lowest BCUT2D eigenvalue weighted by molar-refractivity contribution is 0.0528. The van der Waals surface area contributed by atoms with E-state index in [2.05, 4.69) is 21.5 Å². The van der Waals surface area contributed by atoms with Crippen LogP contribution in [0.1, 0.15) is 55.0 Å². The predicted octanol–water partition coefficient (Wildman–Crippen LogP) is 5.51. The molecule has 0 bridgehead atoms. The van der Waals surface area contributed by atoms with E-state index in [1.165, 1.54) is 0 Å². The molecule has 4 rings (SSSR count). The lowest BCUT2D eigenvalue weighted by Gasteiger charge is -2.19. The van der Waals surface area contributed by atoms with Crippen LogP contribution >= 0.6 is 11.8 Å². The number of nitrogens with one attached hydrogen (secondary N) is 1. The van der Waals surface area contributed by atoms with Gasteiger partial charge in [-0.1, -0.05) is 35.5 Å². The lowest BCUT2D eigenvalue weighted by Crippen LogP contribution is -2.33. The molecule has 192 valence electrons. The average molecular weight is 519 g/mol. The molecule has 1 amide bonds. The van der Waals surface area contributed by atoms with E-state index in [4.69, 9.17) is 14.0 Å². The standard InChI is InChI=1S/C28H30N4O4S/c1-28(2,3)35-27(33)31-12-11-18-5-8-20(9-6-18)21-10-7-19(17-29)15-22(21)25(34-4)24-16-23(32-36-24)26-30-13-14-37-26/h5-10,15-16,25H,11-14H2,1-4H3,(H,31,33). The molecular weight excluding hydrogens is 488 g/mol. The van der Waals surface area contributed by atoms with E-state index < -0.39 is 17.8 Å². The van der Waals surface area contributed by atoms with Gasteiger partial charge in [-0.3, -0.25) is 4.99 Å². The summed E-state index contributed by atoms with van der Waals surface area (Å²) in [6.07, 6.45) is -0.302. The fourth-order valence-corrected chi connectivity index (χ4v) is 4.79. The van der Waals surface area contributed by atoms with Gasteiger partial charge in [-0.2, -0.15) is 5.26 Å². The molecule has 9 heteroatoms. The molecule has 1 aliphatic rings. The van der Waals surface area contributed by atoms with Crippen LogP contribution in [0.2, 0.25) is 0 Å². The monoisotopic (exact) mass is 518 g/mol. The predicted molar refractivity (Wildman–Crippen MR) is 144 cm³/mol. The van der Waals surface area contributed by atoms with Crippen LogP contribution in [0.5, 0.6) is 0 Å². The van der Waals surface area contributed by atoms with Crippen molar-refractivity contribution in [1.82, 2.24) is 10.5 Å². The first-order valence-electron chi connectivity index (χ1n) is 12.0. The molecule has 0 fully saturated rings. The third-order valence-corrected chi connectivity index (χ3v) is 6.64. The van der Waals surface area contributed by atoms with Gasteiger partial charge in [-0.25, -0.2) is 4.79 Å². The van der Waals surface area contributed by atoms with Crippen molar-refractivity contribution in [3.05, 3.63) is 76.7 Å². The average Bonchev–Trinajstić information content (AvgIpc) is 3.57. The quantitative estimate of drug-likeness (QED) is 0.419. The third kappa shape index (κ3) is 6.79. The summed E-state index contributed by atoms with van der Waals surface area (Å²) < 4.78 is 16.8. The van der Waals surface area contributed by atoms with Crippen LogP contribution in [-0.2, 0) is 15.9 Å². The highest BCUT2D eigenvalue weighted by Gasteiger charge is 2.25. The van der Waals surface area contributed by atoms with E-state index in [0.717, 1.165) is 39.6 Å². The van der Waals surface area contributed by atoms with Crippen molar-refractivity contribution in [1.29, 1.82) is 5.26 Å². The molecule has 37 heavy (non-hydrogen) atoms. The Hall–Kier alpha value is -3.61. The second-order valence-corrected chi connectivity index (χ2v) is 10.6. The topological polar surface area (TPSA) is 110 Å². The number of hydrogen-bond acceptors (Lipinski definition) is 8. The van der Waals surface area contributed by atoms with Gasteiger partial charge in [-0.15, -0.1) is 11.8 Å². The molecule has 0 radical (unpaired) electrons. The largest absolute Gasteiger partial charge is 0.444 e. The van der Waals surface area contributed by atoms with Crippen LogP contribution in [0.3, 0.4) is 0 Å². The highest BCUT2D eigenvalue weighted by Crippen LogP contribution is 2.35. The number of nitriles is 1. The van der Waals surface area contributed by atoms with Gasteiger partial charge >= 0.3 is 6.09 Å². The van der Waals surface area contributed by atoms with Gasteiger partial charge in [0.2, 0.25) is 0 Å². The number of carbonyl (C=O) groups is 1. The van der Waals surface area contributed by atoms with E-state index in [9.17, 15) is 10.1 Å². The maximum atomic E-state index is 11.9. The van der Waals surface area contributed by atoms with Crippen molar-refractivity contribution in [3.63, 3.8) is 0 Å². The number of amides is 1. The Morgan fingerprint density at radius 1 is 1.22 bits per heavy atom. The fraction of sp³-hybridized carbons (Fsp3) is 0.357. The van der Waals surface area contributed by atoms with Gasteiger partial charge in [0, 0.05) is 32.0 Å². The van der Waals surface area contributed by atoms with Crippen LogP contribution in [-0.4, -0.2) is 47.8 Å². The molecule has 8 nitrogen and oxygen atoms in total. The van der Waals surface area contributed by atoms with E-state index in [0.29, 0.717) is 30.0 Å². The van der Waals surface area contributed by atoms with Gasteiger partial charge in [0.25, 0.3) is 0 Å². The molecule has 1 aromatic heterocycles. The smallest absolute Gasteiger partial charge is 0.407 e. The Kier molecular flexibility index (Phi) is 8.31. The Balaban J connectivity index is 1.54. The molecule has 2 aromatic carbocycles. The Labute approximate surface area is 221 Å². The number of alkyl carbamates (subject to hydrolysis) is 1. The normalized spacial score (nSPS) is 14.1. The van der Waals surface area contributed by atoms with Crippen LogP contribution < -0.4 is 5.32 Å². The van der Waals surface area contributed by atoms with Crippen LogP contribution in [0.25, 0.3) is 11.1 Å². The van der Waals surface area contributed by atoms with Gasteiger partial charge in [-0.05, 0) is 61.6 Å². The zero-order valence-corrected chi connectivity index (χ0v) is 22.2. The molecule has 0 aliphatic carbocycles. The number of aromatic nitrogens is 1. The number of nitrogens with zero attached hydrogens (tertiary/aromatic N) is 3. The third-order valence-electron chi connectivity index (χ3n) is 5.64. The molecule has 2 heterocycles. The first kappa shape index (κ1) is 26.5. The summed E-state index contributed by atoms with van der Waals surface area (Å²) in [7, 11) is 1.61. The second kappa shape index (κ2) is 11.6. The summed E-state index contributed by atoms with van der Waals surface area (Å²) in [4.78, 5) is 16.3. The van der Waals surface area contributed by atoms with Crippen molar-refractivity contribution >= 4 is 22.9 Å². The SMILES string of the molecule is COC(c1cc(C2=NCCS2)no1)c1cc(C#N)ccc1-c1ccc(CCNC(=O)OC(C)(C)C)cc1. The summed E-state index contributed by atoms with van der Waals surface area (Å²) >= 11 is 1.65. The maximum Gasteiger partial charge on any atom is 0.407 e. The first-order valence-corrected chi connectivity index (χ1v) is 13.0. The molecule has 1 atom stereocenters. The summed E-state index contributed by atoms with van der Waals surface area (Å²) in [6, 6.07) is 17.7. The Bertz CT molecular complexity index is 1320. The van der Waals surface area contributed by atoms with Gasteiger partial charge in [0.05, 0.1) is 11.6 Å². The van der Waals surface area contributed by atoms with Crippen molar-refractivity contribution in [2.45, 2.75) is 38.9 Å². The van der Waals surface area contributed by atoms with E-state index in [1.807, 2.05) is 63.2 Å². The number of aliphatic imine (C=N–C) groups is 1. The van der Waals surface area contributed by atoms with Crippen molar-refractivity contribution < 1.29 is 18.8 Å². The second-order valence-electron chi connectivity index (χ2n) is 9.56. The van der Waals surface area contributed by atoms with Crippen LogP contribution in [0, 0.1) is 11.3 Å². The molecule has 0 spiro atoms. The highest BCUT2D eigenvalue weighted by atomic mass is 32.2. The summed E-state index contributed by atoms with van der Waals surface area (Å²) in [5, 5.41) is 17.4. The number of hydrogen-bond donors (Lipinski definition) is 1. The van der Waals surface area contributed by atoms with E-state index >= 15 is 0 Å².